The summed E-state index contributed by atoms with van der Waals surface area (Å²) in [5.74, 6) is 0. The lowest BCUT2D eigenvalue weighted by atomic mass is 9.70. The molecule has 0 saturated heterocycles. The van der Waals surface area contributed by atoms with E-state index in [2.05, 4.69) is 254 Å². The van der Waals surface area contributed by atoms with Crippen molar-refractivity contribution in [1.82, 2.24) is 0 Å². The van der Waals surface area contributed by atoms with Crippen LogP contribution in [0.3, 0.4) is 0 Å². The molecule has 2 heteroatoms. The molecule has 320 valence electrons. The van der Waals surface area contributed by atoms with Crippen molar-refractivity contribution in [2.75, 3.05) is 4.90 Å². The van der Waals surface area contributed by atoms with Gasteiger partial charge in [-0.3, -0.25) is 0 Å². The first kappa shape index (κ1) is 38.2. The van der Waals surface area contributed by atoms with Crippen LogP contribution in [0.15, 0.2) is 253 Å². The quantitative estimate of drug-likeness (QED) is 0.160. The molecule has 0 bridgehead atoms. The van der Waals surface area contributed by atoms with Crippen LogP contribution < -0.4 is 4.90 Å². The van der Waals surface area contributed by atoms with E-state index in [1.165, 1.54) is 82.6 Å². The number of hydrogen-bond donors (Lipinski definition) is 0. The molecule has 0 fully saturated rings. The Bertz CT molecular complexity index is 4220. The molecule has 0 N–H and O–H groups in total. The van der Waals surface area contributed by atoms with Crippen LogP contribution in [0.2, 0.25) is 0 Å². The first-order valence-electron chi connectivity index (χ1n) is 23.9. The van der Waals surface area contributed by atoms with Gasteiger partial charge in [-0.2, -0.15) is 0 Å². The third-order valence-electron chi connectivity index (χ3n) is 15.3. The van der Waals surface area contributed by atoms with E-state index in [1.807, 2.05) is 0 Å². The maximum Gasteiger partial charge on any atom is 0.143 e. The van der Waals surface area contributed by atoms with E-state index in [-0.39, 0.29) is 0 Å². The summed E-state index contributed by atoms with van der Waals surface area (Å²) in [5.41, 5.74) is 19.5. The summed E-state index contributed by atoms with van der Waals surface area (Å²) in [7, 11) is 0. The summed E-state index contributed by atoms with van der Waals surface area (Å²) in [4.78, 5) is 2.50. The highest BCUT2D eigenvalue weighted by atomic mass is 16.3. The van der Waals surface area contributed by atoms with Crippen molar-refractivity contribution in [3.8, 4) is 44.5 Å². The van der Waals surface area contributed by atoms with Gasteiger partial charge in [-0.05, 0) is 113 Å². The van der Waals surface area contributed by atoms with Gasteiger partial charge >= 0.3 is 0 Å². The van der Waals surface area contributed by atoms with E-state index in [0.717, 1.165) is 55.5 Å². The minimum absolute atomic E-state index is 0.478. The molecule has 2 nitrogen and oxygen atoms in total. The minimum Gasteiger partial charge on any atom is -0.455 e. The number of hydrogen-bond acceptors (Lipinski definition) is 2. The zero-order valence-corrected chi connectivity index (χ0v) is 37.5. The molecule has 0 saturated carbocycles. The number of rotatable bonds is 5. The molecular weight excluding hydrogens is 835 g/mol. The maximum absolute atomic E-state index is 7.05. The van der Waals surface area contributed by atoms with E-state index in [1.54, 1.807) is 0 Å². The molecule has 2 aliphatic carbocycles. The fourth-order valence-corrected chi connectivity index (χ4v) is 12.3. The first-order valence-corrected chi connectivity index (χ1v) is 23.9. The lowest BCUT2D eigenvalue weighted by Crippen LogP contribution is -2.26. The van der Waals surface area contributed by atoms with Crippen LogP contribution in [0.1, 0.15) is 22.3 Å². The third kappa shape index (κ3) is 5.31. The van der Waals surface area contributed by atoms with E-state index in [4.69, 9.17) is 4.42 Å². The smallest absolute Gasteiger partial charge is 0.143 e. The largest absolute Gasteiger partial charge is 0.455 e. The van der Waals surface area contributed by atoms with E-state index in [0.29, 0.717) is 0 Å². The molecule has 0 radical (unpaired) electrons. The van der Waals surface area contributed by atoms with Gasteiger partial charge in [0.05, 0.1) is 16.8 Å². The van der Waals surface area contributed by atoms with Crippen molar-refractivity contribution in [3.63, 3.8) is 0 Å². The Morgan fingerprint density at radius 3 is 1.57 bits per heavy atom. The fraction of sp³-hybridized carbons (Fsp3) is 0.0149. The number of benzene rings is 12. The van der Waals surface area contributed by atoms with Crippen molar-refractivity contribution in [3.05, 3.63) is 271 Å². The summed E-state index contributed by atoms with van der Waals surface area (Å²) < 4.78 is 7.05. The highest BCUT2D eigenvalue weighted by molar-refractivity contribution is 6.18. The average Bonchev–Trinajstić information content (AvgIpc) is 4.06. The van der Waals surface area contributed by atoms with E-state index >= 15 is 0 Å². The SMILES string of the molecule is c1ccc(N(c2ccc(-c3ccc4c(ccc5ccccc54)c3)cc2)c2cccc3c2-c2ccccc2C32c3ccccc3-c3ccccc32)c(-c2cccc3c2oc2c4ccccc4ccc32)c1. The molecule has 0 unspecified atom stereocenters. The van der Waals surface area contributed by atoms with Gasteiger partial charge in [-0.1, -0.05) is 212 Å². The molecule has 2 aliphatic rings. The van der Waals surface area contributed by atoms with E-state index in [9.17, 15) is 0 Å². The van der Waals surface area contributed by atoms with Crippen molar-refractivity contribution in [2.24, 2.45) is 0 Å². The standard InChI is InChI=1S/C67H41NO/c1-3-17-48-43(15-1)31-32-46-41-45(36-39-49(46)48)42-33-37-47(38-34-42)68(62-29-12-8-21-53(62)54-23-13-24-55-56-40-35-44-16-2-4-18-50(44)65(56)69-66(54)55)63-30-14-28-61-64(63)57-22-7-11-27-60(57)67(61)58-25-9-5-19-51(58)52-20-6-10-26-59(52)67/h1-41H. The highest BCUT2D eigenvalue weighted by Gasteiger charge is 2.52. The third-order valence-corrected chi connectivity index (χ3v) is 15.3. The second kappa shape index (κ2) is 14.5. The number of furan rings is 1. The molecule has 1 heterocycles. The van der Waals surface area contributed by atoms with Gasteiger partial charge < -0.3 is 9.32 Å². The number of fused-ring (bicyclic) bond motifs is 18. The van der Waals surface area contributed by atoms with Crippen LogP contribution in [-0.4, -0.2) is 0 Å². The van der Waals surface area contributed by atoms with Gasteiger partial charge in [0.25, 0.3) is 0 Å². The number of para-hydroxylation sites is 2. The van der Waals surface area contributed by atoms with E-state index < -0.39 is 5.41 Å². The van der Waals surface area contributed by atoms with Gasteiger partial charge in [0.15, 0.2) is 0 Å². The summed E-state index contributed by atoms with van der Waals surface area (Å²) in [5, 5.41) is 9.56. The summed E-state index contributed by atoms with van der Waals surface area (Å²) >= 11 is 0. The summed E-state index contributed by atoms with van der Waals surface area (Å²) in [6.07, 6.45) is 0. The van der Waals surface area contributed by atoms with Crippen LogP contribution in [0.25, 0.3) is 98.8 Å². The lowest BCUT2D eigenvalue weighted by molar-refractivity contribution is 0.674. The Kier molecular flexibility index (Phi) is 8.02. The Hall–Kier alpha value is -8.98. The Morgan fingerprint density at radius 2 is 0.783 bits per heavy atom. The molecule has 0 amide bonds. The van der Waals surface area contributed by atoms with Crippen LogP contribution in [0.4, 0.5) is 17.1 Å². The molecular formula is C67H41NO. The molecule has 13 aromatic rings. The molecule has 1 aromatic heterocycles. The van der Waals surface area contributed by atoms with Crippen molar-refractivity contribution in [1.29, 1.82) is 0 Å². The number of anilines is 3. The summed E-state index contributed by atoms with van der Waals surface area (Å²) in [6.45, 7) is 0. The predicted molar refractivity (Wildman–Crippen MR) is 288 cm³/mol. The normalized spacial score (nSPS) is 13.0. The second-order valence-electron chi connectivity index (χ2n) is 18.7. The van der Waals surface area contributed by atoms with Crippen molar-refractivity contribution < 1.29 is 4.42 Å². The second-order valence-corrected chi connectivity index (χ2v) is 18.7. The zero-order chi connectivity index (χ0) is 45.2. The topological polar surface area (TPSA) is 16.4 Å². The Balaban J connectivity index is 0.974. The first-order chi connectivity index (χ1) is 34.2. The van der Waals surface area contributed by atoms with Crippen LogP contribution in [0.5, 0.6) is 0 Å². The minimum atomic E-state index is -0.478. The predicted octanol–water partition coefficient (Wildman–Crippen LogP) is 18.2. The van der Waals surface area contributed by atoms with Crippen molar-refractivity contribution in [2.45, 2.75) is 5.41 Å². The average molecular weight is 876 g/mol. The number of nitrogens with zero attached hydrogens (tertiary/aromatic N) is 1. The highest BCUT2D eigenvalue weighted by Crippen LogP contribution is 2.65. The Labute approximate surface area is 399 Å². The monoisotopic (exact) mass is 875 g/mol. The van der Waals surface area contributed by atoms with Gasteiger partial charge in [0.2, 0.25) is 0 Å². The van der Waals surface area contributed by atoms with Gasteiger partial charge in [-0.25, -0.2) is 0 Å². The van der Waals surface area contributed by atoms with Crippen molar-refractivity contribution >= 4 is 71.3 Å². The maximum atomic E-state index is 7.05. The molecule has 0 atom stereocenters. The van der Waals surface area contributed by atoms with Gasteiger partial charge in [0.1, 0.15) is 11.2 Å². The Morgan fingerprint density at radius 1 is 0.290 bits per heavy atom. The van der Waals surface area contributed by atoms with Crippen LogP contribution in [0, 0.1) is 0 Å². The zero-order valence-electron chi connectivity index (χ0n) is 37.5. The molecule has 1 spiro atoms. The van der Waals surface area contributed by atoms with Crippen LogP contribution >= 0.6 is 0 Å². The van der Waals surface area contributed by atoms with Crippen LogP contribution in [-0.2, 0) is 5.41 Å². The molecule has 0 aliphatic heterocycles. The van der Waals surface area contributed by atoms with Gasteiger partial charge in [-0.15, -0.1) is 0 Å². The molecule has 69 heavy (non-hydrogen) atoms. The fourth-order valence-electron chi connectivity index (χ4n) is 12.3. The lowest BCUT2D eigenvalue weighted by Gasteiger charge is -2.32. The summed E-state index contributed by atoms with van der Waals surface area (Å²) in [6, 6.07) is 91.8. The molecule has 15 rings (SSSR count). The van der Waals surface area contributed by atoms with Gasteiger partial charge in [0, 0.05) is 38.5 Å². The molecule has 12 aromatic carbocycles.